The van der Waals surface area contributed by atoms with Gasteiger partial charge < -0.3 is 4.74 Å². The number of amides is 1. The average molecular weight is 472 g/mol. The number of carbonyl (C=O) groups is 1. The molecule has 3 rings (SSSR count). The van der Waals surface area contributed by atoms with Crippen LogP contribution < -0.4 is 14.5 Å². The van der Waals surface area contributed by atoms with Crippen LogP contribution in [0.15, 0.2) is 88.9 Å². The van der Waals surface area contributed by atoms with Crippen LogP contribution in [0.1, 0.15) is 12.5 Å². The van der Waals surface area contributed by atoms with Crippen molar-refractivity contribution in [3.05, 3.63) is 89.4 Å². The zero-order chi connectivity index (χ0) is 23.0. The highest BCUT2D eigenvalue weighted by Gasteiger charge is 2.27. The molecule has 3 aromatic carbocycles. The topological polar surface area (TPSA) is 88.1 Å². The predicted molar refractivity (Wildman–Crippen MR) is 126 cm³/mol. The second kappa shape index (κ2) is 10.8. The van der Waals surface area contributed by atoms with E-state index in [-0.39, 0.29) is 4.90 Å². The van der Waals surface area contributed by atoms with Crippen LogP contribution in [-0.2, 0) is 14.8 Å². The Morgan fingerprint density at radius 3 is 2.34 bits per heavy atom. The molecule has 0 aliphatic carbocycles. The Balaban J connectivity index is 1.84. The summed E-state index contributed by atoms with van der Waals surface area (Å²) in [5, 5.41) is 4.37. The Kier molecular flexibility index (Phi) is 7.86. The van der Waals surface area contributed by atoms with Crippen molar-refractivity contribution in [2.45, 2.75) is 11.8 Å². The van der Waals surface area contributed by atoms with Gasteiger partial charge in [-0.3, -0.25) is 9.10 Å². The monoisotopic (exact) mass is 471 g/mol. The Bertz CT molecular complexity index is 1180. The Morgan fingerprint density at radius 2 is 1.69 bits per heavy atom. The molecule has 0 aliphatic rings. The van der Waals surface area contributed by atoms with E-state index >= 15 is 0 Å². The molecule has 0 bridgehead atoms. The number of nitrogens with zero attached hydrogens (tertiary/aromatic N) is 2. The largest absolute Gasteiger partial charge is 0.494 e. The fourth-order valence-electron chi connectivity index (χ4n) is 2.83. The quantitative estimate of drug-likeness (QED) is 0.376. The number of carbonyl (C=O) groups excluding carboxylic acids is 1. The standard InChI is InChI=1S/C23H22ClN3O4S/c1-2-31-20-14-12-19(13-15-20)27(32(29,30)21-9-4-3-5-10-21)17-23(28)26-25-16-18-8-6-7-11-22(18)24/h3-16H,2,17H2,1H3,(H,26,28)/b25-16-. The summed E-state index contributed by atoms with van der Waals surface area (Å²) >= 11 is 6.07. The number of hydrogen-bond donors (Lipinski definition) is 1. The van der Waals surface area contributed by atoms with Crippen LogP contribution in [0.2, 0.25) is 5.02 Å². The van der Waals surface area contributed by atoms with Crippen LogP contribution in [0, 0.1) is 0 Å². The molecule has 0 saturated heterocycles. The van der Waals surface area contributed by atoms with Gasteiger partial charge in [-0.15, -0.1) is 0 Å². The SMILES string of the molecule is CCOc1ccc(N(CC(=O)N/N=C\c2ccccc2Cl)S(=O)(=O)c2ccccc2)cc1. The van der Waals surface area contributed by atoms with E-state index in [1.807, 2.05) is 6.92 Å². The van der Waals surface area contributed by atoms with Crippen LogP contribution in [0.4, 0.5) is 5.69 Å². The minimum atomic E-state index is -4.00. The molecule has 0 radical (unpaired) electrons. The lowest BCUT2D eigenvalue weighted by Gasteiger charge is -2.24. The summed E-state index contributed by atoms with van der Waals surface area (Å²) in [5.74, 6) is -0.0104. The maximum atomic E-state index is 13.3. The Hall–Kier alpha value is -3.36. The summed E-state index contributed by atoms with van der Waals surface area (Å²) in [7, 11) is -4.00. The second-order valence-electron chi connectivity index (χ2n) is 6.57. The van der Waals surface area contributed by atoms with Gasteiger partial charge in [0.05, 0.1) is 23.4 Å². The van der Waals surface area contributed by atoms with Gasteiger partial charge in [0.25, 0.3) is 15.9 Å². The fraction of sp³-hybridized carbons (Fsp3) is 0.130. The van der Waals surface area contributed by atoms with Gasteiger partial charge >= 0.3 is 0 Å². The first kappa shape index (κ1) is 23.3. The van der Waals surface area contributed by atoms with E-state index < -0.39 is 22.5 Å². The van der Waals surface area contributed by atoms with Gasteiger partial charge in [-0.25, -0.2) is 13.8 Å². The lowest BCUT2D eigenvalue weighted by molar-refractivity contribution is -0.119. The number of benzene rings is 3. The number of hydrazone groups is 1. The van der Waals surface area contributed by atoms with Crippen molar-refractivity contribution in [2.75, 3.05) is 17.5 Å². The molecule has 0 aliphatic heterocycles. The highest BCUT2D eigenvalue weighted by molar-refractivity contribution is 7.92. The van der Waals surface area contributed by atoms with Crippen molar-refractivity contribution in [3.8, 4) is 5.75 Å². The van der Waals surface area contributed by atoms with Gasteiger partial charge in [-0.05, 0) is 49.4 Å². The lowest BCUT2D eigenvalue weighted by Crippen LogP contribution is -2.39. The van der Waals surface area contributed by atoms with Crippen LogP contribution in [-0.4, -0.2) is 33.7 Å². The third-order valence-corrected chi connectivity index (χ3v) is 6.48. The zero-order valence-electron chi connectivity index (χ0n) is 17.3. The Labute approximate surface area is 192 Å². The predicted octanol–water partition coefficient (Wildman–Crippen LogP) is 4.08. The first-order valence-corrected chi connectivity index (χ1v) is 11.6. The number of halogens is 1. The molecular formula is C23H22ClN3O4S. The first-order chi connectivity index (χ1) is 15.4. The van der Waals surface area contributed by atoms with Crippen LogP contribution in [0.3, 0.4) is 0 Å². The Morgan fingerprint density at radius 1 is 1.03 bits per heavy atom. The summed E-state index contributed by atoms with van der Waals surface area (Å²) in [6.45, 7) is 1.87. The molecule has 1 N–H and O–H groups in total. The van der Waals surface area contributed by atoms with Gasteiger partial charge in [-0.1, -0.05) is 48.0 Å². The minimum absolute atomic E-state index is 0.0706. The van der Waals surface area contributed by atoms with E-state index in [1.54, 1.807) is 66.7 Å². The summed E-state index contributed by atoms with van der Waals surface area (Å²) in [5.41, 5.74) is 3.30. The minimum Gasteiger partial charge on any atom is -0.494 e. The van der Waals surface area contributed by atoms with Crippen molar-refractivity contribution < 1.29 is 17.9 Å². The van der Waals surface area contributed by atoms with E-state index in [0.717, 1.165) is 4.31 Å². The molecule has 0 fully saturated rings. The highest BCUT2D eigenvalue weighted by Crippen LogP contribution is 2.25. The van der Waals surface area contributed by atoms with E-state index in [0.29, 0.717) is 28.6 Å². The first-order valence-electron chi connectivity index (χ1n) is 9.79. The van der Waals surface area contributed by atoms with Gasteiger partial charge in [0.1, 0.15) is 12.3 Å². The molecule has 166 valence electrons. The summed E-state index contributed by atoms with van der Waals surface area (Å²) in [6, 6.07) is 21.4. The highest BCUT2D eigenvalue weighted by atomic mass is 35.5. The molecule has 1 amide bonds. The molecular weight excluding hydrogens is 450 g/mol. The summed E-state index contributed by atoms with van der Waals surface area (Å²) < 4.78 is 33.0. The van der Waals surface area contributed by atoms with Gasteiger partial charge in [0.15, 0.2) is 0 Å². The number of nitrogens with one attached hydrogen (secondary N) is 1. The van der Waals surface area contributed by atoms with Crippen LogP contribution in [0.25, 0.3) is 0 Å². The number of sulfonamides is 1. The van der Waals surface area contributed by atoms with Crippen molar-refractivity contribution >= 4 is 39.4 Å². The maximum absolute atomic E-state index is 13.3. The lowest BCUT2D eigenvalue weighted by atomic mass is 10.2. The molecule has 32 heavy (non-hydrogen) atoms. The van der Waals surface area contributed by atoms with Crippen LogP contribution >= 0.6 is 11.6 Å². The normalized spacial score (nSPS) is 11.3. The number of ether oxygens (including phenoxy) is 1. The number of anilines is 1. The fourth-order valence-corrected chi connectivity index (χ4v) is 4.46. The number of rotatable bonds is 9. The van der Waals surface area contributed by atoms with E-state index in [2.05, 4.69) is 10.5 Å². The van der Waals surface area contributed by atoms with E-state index in [1.165, 1.54) is 18.3 Å². The third kappa shape index (κ3) is 5.87. The molecule has 0 atom stereocenters. The van der Waals surface area contributed by atoms with E-state index in [9.17, 15) is 13.2 Å². The zero-order valence-corrected chi connectivity index (χ0v) is 18.9. The molecule has 0 heterocycles. The van der Waals surface area contributed by atoms with Crippen molar-refractivity contribution in [2.24, 2.45) is 5.10 Å². The third-order valence-electron chi connectivity index (χ3n) is 4.35. The van der Waals surface area contributed by atoms with Crippen molar-refractivity contribution in [1.29, 1.82) is 0 Å². The van der Waals surface area contributed by atoms with Crippen molar-refractivity contribution in [3.63, 3.8) is 0 Å². The average Bonchev–Trinajstić information content (AvgIpc) is 2.80. The molecule has 0 unspecified atom stereocenters. The van der Waals surface area contributed by atoms with Gasteiger partial charge in [0.2, 0.25) is 0 Å². The maximum Gasteiger partial charge on any atom is 0.264 e. The molecule has 9 heteroatoms. The number of hydrogen-bond acceptors (Lipinski definition) is 5. The molecule has 3 aromatic rings. The summed E-state index contributed by atoms with van der Waals surface area (Å²) in [4.78, 5) is 12.6. The molecule has 0 saturated carbocycles. The molecule has 0 spiro atoms. The van der Waals surface area contributed by atoms with Crippen molar-refractivity contribution in [1.82, 2.24) is 5.43 Å². The second-order valence-corrected chi connectivity index (χ2v) is 8.84. The van der Waals surface area contributed by atoms with Gasteiger partial charge in [0, 0.05) is 10.6 Å². The summed E-state index contributed by atoms with van der Waals surface area (Å²) in [6.07, 6.45) is 1.40. The molecule has 7 nitrogen and oxygen atoms in total. The molecule has 0 aromatic heterocycles. The van der Waals surface area contributed by atoms with Gasteiger partial charge in [-0.2, -0.15) is 5.10 Å². The smallest absolute Gasteiger partial charge is 0.264 e. The van der Waals surface area contributed by atoms with Crippen LogP contribution in [0.5, 0.6) is 5.75 Å². The van der Waals surface area contributed by atoms with E-state index in [4.69, 9.17) is 16.3 Å².